The van der Waals surface area contributed by atoms with E-state index < -0.39 is 6.04 Å². The molecule has 1 aliphatic rings. The van der Waals surface area contributed by atoms with Crippen LogP contribution >= 0.6 is 35.0 Å². The summed E-state index contributed by atoms with van der Waals surface area (Å²) in [5, 5.41) is 10.6. The summed E-state index contributed by atoms with van der Waals surface area (Å²) >= 11 is 14.4. The van der Waals surface area contributed by atoms with Crippen molar-refractivity contribution in [3.8, 4) is 5.69 Å². The van der Waals surface area contributed by atoms with Crippen molar-refractivity contribution in [1.82, 2.24) is 14.8 Å². The Morgan fingerprint density at radius 2 is 1.97 bits per heavy atom. The van der Waals surface area contributed by atoms with Crippen LogP contribution in [-0.2, 0) is 9.53 Å². The molecule has 0 amide bonds. The number of thioether (sulfide) groups is 1. The van der Waals surface area contributed by atoms with Crippen molar-refractivity contribution in [3.63, 3.8) is 0 Å². The van der Waals surface area contributed by atoms with Crippen LogP contribution in [0.5, 0.6) is 0 Å². The van der Waals surface area contributed by atoms with Crippen molar-refractivity contribution in [2.24, 2.45) is 4.99 Å². The normalized spacial score (nSPS) is 15.1. The lowest BCUT2D eigenvalue weighted by Gasteiger charge is -2.14. The van der Waals surface area contributed by atoms with Gasteiger partial charge in [-0.25, -0.2) is 0 Å². The second-order valence-electron chi connectivity index (χ2n) is 6.63. The predicted molar refractivity (Wildman–Crippen MR) is 119 cm³/mol. The highest BCUT2D eigenvalue weighted by Crippen LogP contribution is 2.37. The summed E-state index contributed by atoms with van der Waals surface area (Å²) in [6.45, 7) is 0. The molecule has 2 heterocycles. The molecule has 0 radical (unpaired) electrons. The van der Waals surface area contributed by atoms with Gasteiger partial charge in [0.2, 0.25) is 0 Å². The van der Waals surface area contributed by atoms with E-state index in [-0.39, 0.29) is 12.4 Å². The monoisotopic (exact) mass is 460 g/mol. The number of carbonyl (C=O) groups is 1. The van der Waals surface area contributed by atoms with E-state index in [0.29, 0.717) is 28.0 Å². The van der Waals surface area contributed by atoms with Gasteiger partial charge in [-0.05, 0) is 36.9 Å². The van der Waals surface area contributed by atoms with Crippen LogP contribution < -0.4 is 0 Å². The summed E-state index contributed by atoms with van der Waals surface area (Å²) in [6.07, 6.45) is 2.57. The maximum Gasteiger partial charge on any atom is 0.305 e. The minimum Gasteiger partial charge on any atom is -0.469 e. The first-order chi connectivity index (χ1) is 14.5. The summed E-state index contributed by atoms with van der Waals surface area (Å²) in [5.74, 6) is 0.360. The predicted octanol–water partition coefficient (Wildman–Crippen LogP) is 5.14. The smallest absolute Gasteiger partial charge is 0.305 e. The molecule has 0 unspecified atom stereocenters. The first-order valence-electron chi connectivity index (χ1n) is 9.22. The van der Waals surface area contributed by atoms with Crippen molar-refractivity contribution in [2.45, 2.75) is 24.0 Å². The molecule has 154 valence electrons. The Morgan fingerprint density at radius 3 is 2.70 bits per heavy atom. The maximum atomic E-state index is 11.8. The molecular formula is C21H18Cl2N4O2S. The van der Waals surface area contributed by atoms with E-state index in [1.54, 1.807) is 0 Å². The second kappa shape index (κ2) is 8.79. The van der Waals surface area contributed by atoms with Gasteiger partial charge in [0.15, 0.2) is 11.0 Å². The summed E-state index contributed by atoms with van der Waals surface area (Å²) in [5.41, 5.74) is 3.18. The molecule has 0 spiro atoms. The van der Waals surface area contributed by atoms with E-state index in [9.17, 15) is 4.79 Å². The molecule has 0 saturated carbocycles. The quantitative estimate of drug-likeness (QED) is 0.389. The number of carbonyl (C=O) groups excluding carboxylic acids is 1. The zero-order chi connectivity index (χ0) is 21.3. The molecule has 0 N–H and O–H groups in total. The number of aliphatic imine (C=N–C) groups is 1. The molecule has 0 saturated heterocycles. The van der Waals surface area contributed by atoms with Crippen molar-refractivity contribution >= 4 is 46.6 Å². The second-order valence-corrected chi connectivity index (χ2v) is 8.25. The van der Waals surface area contributed by atoms with E-state index in [2.05, 4.69) is 10.2 Å². The molecule has 1 atom stereocenters. The number of halogens is 2. The van der Waals surface area contributed by atoms with Gasteiger partial charge >= 0.3 is 5.97 Å². The van der Waals surface area contributed by atoms with Crippen LogP contribution in [0, 0.1) is 0 Å². The molecule has 1 aromatic heterocycles. The Labute approximate surface area is 188 Å². The number of ether oxygens (including phenoxy) is 1. The van der Waals surface area contributed by atoms with E-state index in [1.807, 2.05) is 53.3 Å². The zero-order valence-corrected chi connectivity index (χ0v) is 18.6. The zero-order valence-electron chi connectivity index (χ0n) is 16.3. The Balaban J connectivity index is 1.97. The van der Waals surface area contributed by atoms with Crippen LogP contribution in [0.4, 0.5) is 0 Å². The number of fused-ring (bicyclic) bond motifs is 3. The molecule has 2 aromatic carbocycles. The van der Waals surface area contributed by atoms with Crippen LogP contribution in [0.25, 0.3) is 5.69 Å². The van der Waals surface area contributed by atoms with E-state index in [1.165, 1.54) is 18.9 Å². The molecule has 30 heavy (non-hydrogen) atoms. The number of hydrogen-bond donors (Lipinski definition) is 0. The lowest BCUT2D eigenvalue weighted by molar-refractivity contribution is -0.140. The fourth-order valence-corrected chi connectivity index (χ4v) is 4.34. The Kier molecular flexibility index (Phi) is 6.13. The van der Waals surface area contributed by atoms with Gasteiger partial charge in [-0.1, -0.05) is 53.2 Å². The number of benzene rings is 2. The molecular weight excluding hydrogens is 443 g/mol. The van der Waals surface area contributed by atoms with E-state index in [4.69, 9.17) is 32.9 Å². The highest BCUT2D eigenvalue weighted by molar-refractivity contribution is 7.98. The lowest BCUT2D eigenvalue weighted by atomic mass is 10.00. The van der Waals surface area contributed by atoms with Gasteiger partial charge in [-0.2, -0.15) is 0 Å². The number of rotatable bonds is 5. The molecule has 6 nitrogen and oxygen atoms in total. The third kappa shape index (κ3) is 3.85. The Morgan fingerprint density at radius 1 is 1.17 bits per heavy atom. The average molecular weight is 461 g/mol. The molecule has 1 aliphatic heterocycles. The number of nitrogens with zero attached hydrogens (tertiary/aromatic N) is 4. The van der Waals surface area contributed by atoms with Crippen LogP contribution in [0.15, 0.2) is 52.6 Å². The Hall–Kier alpha value is -2.35. The topological polar surface area (TPSA) is 69.4 Å². The summed E-state index contributed by atoms with van der Waals surface area (Å²) in [7, 11) is 1.38. The minimum atomic E-state index is -0.407. The van der Waals surface area contributed by atoms with Crippen LogP contribution in [0.2, 0.25) is 10.0 Å². The van der Waals surface area contributed by atoms with Crippen molar-refractivity contribution in [1.29, 1.82) is 0 Å². The summed E-state index contributed by atoms with van der Waals surface area (Å²) in [4.78, 5) is 16.8. The van der Waals surface area contributed by atoms with Gasteiger partial charge in [0.05, 0.1) is 18.5 Å². The highest BCUT2D eigenvalue weighted by atomic mass is 35.5. The first kappa shape index (κ1) is 20.9. The summed E-state index contributed by atoms with van der Waals surface area (Å²) < 4.78 is 6.80. The average Bonchev–Trinajstić information content (AvgIpc) is 3.13. The number of hydrogen-bond acceptors (Lipinski definition) is 6. The van der Waals surface area contributed by atoms with Gasteiger partial charge in [0, 0.05) is 27.6 Å². The third-order valence-corrected chi connectivity index (χ3v) is 6.05. The Bertz CT molecular complexity index is 1150. The number of aromatic nitrogens is 3. The molecule has 0 fully saturated rings. The molecule has 4 rings (SSSR count). The SMILES string of the molecule is COC(=O)CC[C@@H]1N=C(c2ccccc2Cl)c2cc(Cl)ccc2-n2c(SC)nnc21. The van der Waals surface area contributed by atoms with E-state index >= 15 is 0 Å². The van der Waals surface area contributed by atoms with Gasteiger partial charge in [-0.15, -0.1) is 10.2 Å². The van der Waals surface area contributed by atoms with Crippen molar-refractivity contribution in [2.75, 3.05) is 13.4 Å². The molecule has 0 bridgehead atoms. The van der Waals surface area contributed by atoms with Crippen molar-refractivity contribution in [3.05, 3.63) is 69.5 Å². The molecule has 3 aromatic rings. The van der Waals surface area contributed by atoms with Crippen LogP contribution in [-0.4, -0.2) is 39.8 Å². The van der Waals surface area contributed by atoms with Crippen LogP contribution in [0.3, 0.4) is 0 Å². The molecule has 0 aliphatic carbocycles. The lowest BCUT2D eigenvalue weighted by Crippen LogP contribution is -2.09. The maximum absolute atomic E-state index is 11.8. The molecule has 9 heteroatoms. The number of esters is 1. The van der Waals surface area contributed by atoms with Gasteiger partial charge in [0.25, 0.3) is 0 Å². The van der Waals surface area contributed by atoms with Gasteiger partial charge in [0.1, 0.15) is 6.04 Å². The third-order valence-electron chi connectivity index (χ3n) is 4.86. The van der Waals surface area contributed by atoms with Gasteiger partial charge in [-0.3, -0.25) is 14.4 Å². The van der Waals surface area contributed by atoms with Gasteiger partial charge < -0.3 is 4.74 Å². The van der Waals surface area contributed by atoms with E-state index in [0.717, 1.165) is 22.0 Å². The minimum absolute atomic E-state index is 0.207. The highest BCUT2D eigenvalue weighted by Gasteiger charge is 2.30. The van der Waals surface area contributed by atoms with Crippen molar-refractivity contribution < 1.29 is 9.53 Å². The largest absolute Gasteiger partial charge is 0.469 e. The van der Waals surface area contributed by atoms with Crippen LogP contribution in [0.1, 0.15) is 35.8 Å². The first-order valence-corrected chi connectivity index (χ1v) is 11.2. The summed E-state index contributed by atoms with van der Waals surface area (Å²) in [6, 6.07) is 12.8. The fraction of sp³-hybridized carbons (Fsp3) is 0.238. The number of methoxy groups -OCH3 is 1. The fourth-order valence-electron chi connectivity index (χ4n) is 3.45. The standard InChI is InChI=1S/C21H18Cl2N4O2S/c1-29-18(28)10-8-16-20-25-26-21(30-2)27(20)17-9-7-12(22)11-14(17)19(24-16)13-5-3-4-6-15(13)23/h3-7,9,11,16H,8,10H2,1-2H3/t16-/m0/s1.